The Morgan fingerprint density at radius 3 is 2.29 bits per heavy atom. The molecule has 3 aromatic rings. The van der Waals surface area contributed by atoms with Gasteiger partial charge in [-0.2, -0.15) is 0 Å². The highest BCUT2D eigenvalue weighted by Gasteiger charge is 2.31. The van der Waals surface area contributed by atoms with Crippen LogP contribution in [-0.2, 0) is 26.0 Å². The molecule has 0 fully saturated rings. The minimum Gasteiger partial charge on any atom is -0.496 e. The largest absolute Gasteiger partial charge is 0.496 e. The van der Waals surface area contributed by atoms with Crippen LogP contribution in [0.2, 0.25) is 0 Å². The van der Waals surface area contributed by atoms with E-state index in [0.29, 0.717) is 16.2 Å². The van der Waals surface area contributed by atoms with Gasteiger partial charge in [-0.05, 0) is 29.6 Å². The third-order valence-electron chi connectivity index (χ3n) is 4.59. The number of thiophene rings is 1. The maximum atomic E-state index is 13.1. The van der Waals surface area contributed by atoms with Crippen molar-refractivity contribution in [3.8, 4) is 5.75 Å². The Morgan fingerprint density at radius 1 is 0.935 bits per heavy atom. The lowest BCUT2D eigenvalue weighted by atomic mass is 10.2. The highest BCUT2D eigenvalue weighted by Crippen LogP contribution is 2.31. The molecule has 0 aliphatic carbocycles. The van der Waals surface area contributed by atoms with E-state index in [4.69, 9.17) is 4.74 Å². The molecular weight excluding hydrogens is 436 g/mol. The summed E-state index contributed by atoms with van der Waals surface area (Å²) >= 11 is 1.28. The summed E-state index contributed by atoms with van der Waals surface area (Å²) in [7, 11) is -2.24. The van der Waals surface area contributed by atoms with E-state index in [9.17, 15) is 18.0 Å². The fourth-order valence-electron chi connectivity index (χ4n) is 2.98. The fraction of sp³-hybridized carbons (Fsp3) is 0.182. The van der Waals surface area contributed by atoms with Gasteiger partial charge in [-0.1, -0.05) is 42.5 Å². The summed E-state index contributed by atoms with van der Waals surface area (Å²) in [6.45, 7) is -0.119. The Labute approximate surface area is 185 Å². The molecule has 7 nitrogen and oxygen atoms in total. The number of amides is 2. The van der Waals surface area contributed by atoms with Gasteiger partial charge in [-0.25, -0.2) is 8.42 Å². The minimum absolute atomic E-state index is 0.104. The quantitative estimate of drug-likeness (QED) is 0.506. The Hall–Kier alpha value is -3.17. The van der Waals surface area contributed by atoms with Crippen LogP contribution in [0.3, 0.4) is 0 Å². The van der Waals surface area contributed by atoms with Crippen molar-refractivity contribution in [3.63, 3.8) is 0 Å². The number of carbonyl (C=O) groups is 2. The molecule has 0 saturated carbocycles. The zero-order chi connectivity index (χ0) is 22.3. The van der Waals surface area contributed by atoms with E-state index in [1.54, 1.807) is 60.0 Å². The second kappa shape index (κ2) is 10.2. The summed E-state index contributed by atoms with van der Waals surface area (Å²) < 4.78 is 31.5. The SMILES string of the molecule is COc1ccccc1CNC(=O)C(=O)NC[C@H](c1cccs1)S(=O)(=O)c1ccccc1. The number of carbonyl (C=O) groups excluding carboxylic acids is 2. The Morgan fingerprint density at radius 2 is 1.61 bits per heavy atom. The highest BCUT2D eigenvalue weighted by molar-refractivity contribution is 7.91. The van der Waals surface area contributed by atoms with Crippen molar-refractivity contribution in [2.75, 3.05) is 13.7 Å². The molecule has 2 aromatic carbocycles. The molecular formula is C22H22N2O5S2. The molecule has 1 aromatic heterocycles. The van der Waals surface area contributed by atoms with E-state index in [2.05, 4.69) is 10.6 Å². The van der Waals surface area contributed by atoms with Crippen molar-refractivity contribution in [3.05, 3.63) is 82.6 Å². The molecule has 3 rings (SSSR count). The molecule has 2 N–H and O–H groups in total. The third-order valence-corrected chi connectivity index (χ3v) is 7.83. The summed E-state index contributed by atoms with van der Waals surface area (Å²) in [6.07, 6.45) is 0. The maximum Gasteiger partial charge on any atom is 0.309 e. The summed E-state index contributed by atoms with van der Waals surface area (Å²) in [5.74, 6) is -1.16. The van der Waals surface area contributed by atoms with Crippen LogP contribution >= 0.6 is 11.3 Å². The molecule has 0 aliphatic heterocycles. The number of hydrogen-bond acceptors (Lipinski definition) is 6. The molecule has 1 heterocycles. The second-order valence-corrected chi connectivity index (χ2v) is 9.68. The summed E-state index contributed by atoms with van der Waals surface area (Å²) in [4.78, 5) is 25.3. The standard InChI is InChI=1S/C22H22N2O5S2/c1-29-18-11-6-5-8-16(18)14-23-21(25)22(26)24-15-20(19-12-7-13-30-19)31(27,28)17-9-3-2-4-10-17/h2-13,20H,14-15H2,1H3,(H,23,25)(H,24,26)/t20-/m1/s1. The first-order valence-corrected chi connectivity index (χ1v) is 11.9. The minimum atomic E-state index is -3.76. The van der Waals surface area contributed by atoms with Gasteiger partial charge in [0, 0.05) is 23.5 Å². The van der Waals surface area contributed by atoms with E-state index in [0.717, 1.165) is 0 Å². The first kappa shape index (κ1) is 22.5. The van der Waals surface area contributed by atoms with Crippen molar-refractivity contribution in [1.82, 2.24) is 10.6 Å². The lowest BCUT2D eigenvalue weighted by Gasteiger charge is -2.17. The number of ether oxygens (including phenoxy) is 1. The summed E-state index contributed by atoms with van der Waals surface area (Å²) in [5.41, 5.74) is 0.717. The summed E-state index contributed by atoms with van der Waals surface area (Å²) in [5, 5.41) is 5.75. The van der Waals surface area contributed by atoms with Crippen molar-refractivity contribution >= 4 is 33.0 Å². The van der Waals surface area contributed by atoms with Crippen molar-refractivity contribution in [1.29, 1.82) is 0 Å². The molecule has 1 atom stereocenters. The topological polar surface area (TPSA) is 102 Å². The van der Waals surface area contributed by atoms with Gasteiger partial charge in [0.2, 0.25) is 0 Å². The average Bonchev–Trinajstić information content (AvgIpc) is 3.32. The van der Waals surface area contributed by atoms with Gasteiger partial charge in [0.05, 0.1) is 12.0 Å². The summed E-state index contributed by atoms with van der Waals surface area (Å²) in [6, 6.07) is 18.6. The Bertz CT molecular complexity index is 1130. The second-order valence-electron chi connectivity index (χ2n) is 6.57. The molecule has 0 radical (unpaired) electrons. The molecule has 162 valence electrons. The normalized spacial score (nSPS) is 12.0. The van der Waals surface area contributed by atoms with Gasteiger partial charge in [-0.15, -0.1) is 11.3 Å². The van der Waals surface area contributed by atoms with E-state index in [1.807, 2.05) is 0 Å². The molecule has 0 saturated heterocycles. The molecule has 0 unspecified atom stereocenters. The third kappa shape index (κ3) is 5.50. The van der Waals surface area contributed by atoms with E-state index in [-0.39, 0.29) is 18.0 Å². The van der Waals surface area contributed by atoms with Gasteiger partial charge in [0.25, 0.3) is 0 Å². The molecule has 0 aliphatic rings. The van der Waals surface area contributed by atoms with Gasteiger partial charge in [0.1, 0.15) is 11.0 Å². The number of para-hydroxylation sites is 1. The van der Waals surface area contributed by atoms with Gasteiger partial charge < -0.3 is 15.4 Å². The van der Waals surface area contributed by atoms with E-state index >= 15 is 0 Å². The molecule has 0 spiro atoms. The molecule has 2 amide bonds. The van der Waals surface area contributed by atoms with Crippen molar-refractivity contribution in [2.24, 2.45) is 0 Å². The predicted octanol–water partition coefficient (Wildman–Crippen LogP) is 2.70. The smallest absolute Gasteiger partial charge is 0.309 e. The van der Waals surface area contributed by atoms with Crippen LogP contribution in [0.5, 0.6) is 5.75 Å². The van der Waals surface area contributed by atoms with Gasteiger partial charge in [0.15, 0.2) is 9.84 Å². The first-order chi connectivity index (χ1) is 14.9. The van der Waals surface area contributed by atoms with Crippen LogP contribution in [0, 0.1) is 0 Å². The van der Waals surface area contributed by atoms with Crippen molar-refractivity contribution in [2.45, 2.75) is 16.7 Å². The van der Waals surface area contributed by atoms with Crippen LogP contribution in [0.15, 0.2) is 77.0 Å². The first-order valence-electron chi connectivity index (χ1n) is 9.43. The van der Waals surface area contributed by atoms with E-state index in [1.165, 1.54) is 30.6 Å². The fourth-order valence-corrected chi connectivity index (χ4v) is 5.79. The number of benzene rings is 2. The number of rotatable bonds is 8. The number of methoxy groups -OCH3 is 1. The molecule has 31 heavy (non-hydrogen) atoms. The molecule has 9 heteroatoms. The Balaban J connectivity index is 1.67. The van der Waals surface area contributed by atoms with Crippen LogP contribution < -0.4 is 15.4 Å². The van der Waals surface area contributed by atoms with Crippen LogP contribution in [0.1, 0.15) is 15.7 Å². The lowest BCUT2D eigenvalue weighted by Crippen LogP contribution is -2.42. The predicted molar refractivity (Wildman–Crippen MR) is 119 cm³/mol. The van der Waals surface area contributed by atoms with Crippen LogP contribution in [0.4, 0.5) is 0 Å². The van der Waals surface area contributed by atoms with Gasteiger partial charge >= 0.3 is 11.8 Å². The van der Waals surface area contributed by atoms with Gasteiger partial charge in [-0.3, -0.25) is 9.59 Å². The Kier molecular flexibility index (Phi) is 7.43. The zero-order valence-electron chi connectivity index (χ0n) is 16.8. The molecule has 0 bridgehead atoms. The zero-order valence-corrected chi connectivity index (χ0v) is 18.4. The van der Waals surface area contributed by atoms with Crippen LogP contribution in [0.25, 0.3) is 0 Å². The average molecular weight is 459 g/mol. The van der Waals surface area contributed by atoms with Crippen LogP contribution in [-0.4, -0.2) is 33.9 Å². The lowest BCUT2D eigenvalue weighted by molar-refractivity contribution is -0.139. The maximum absolute atomic E-state index is 13.1. The van der Waals surface area contributed by atoms with Crippen molar-refractivity contribution < 1.29 is 22.7 Å². The monoisotopic (exact) mass is 458 g/mol. The number of sulfone groups is 1. The highest BCUT2D eigenvalue weighted by atomic mass is 32.2. The number of hydrogen-bond donors (Lipinski definition) is 2. The van der Waals surface area contributed by atoms with E-state index < -0.39 is 26.9 Å². The number of nitrogens with one attached hydrogen (secondary N) is 2.